The van der Waals surface area contributed by atoms with Gasteiger partial charge in [0.2, 0.25) is 5.91 Å². The van der Waals surface area contributed by atoms with Gasteiger partial charge in [-0.2, -0.15) is 0 Å². The standard InChI is InChI=1S/C17H23NO4/c1-12(13-5-3-2-4-6-13)16(19)18-11-15(17(20)21)14-7-9-22-10-8-14/h2-6,12,14-15H,7-11H2,1H3,(H,18,19)(H,20,21)/t12-,15?/m1/s1. The maximum atomic E-state index is 12.2. The van der Waals surface area contributed by atoms with E-state index in [1.165, 1.54) is 0 Å². The van der Waals surface area contributed by atoms with Gasteiger partial charge >= 0.3 is 5.97 Å². The second-order valence-electron chi connectivity index (χ2n) is 5.77. The minimum atomic E-state index is -0.848. The van der Waals surface area contributed by atoms with Gasteiger partial charge in [0.25, 0.3) is 0 Å². The van der Waals surface area contributed by atoms with E-state index in [2.05, 4.69) is 5.32 Å². The van der Waals surface area contributed by atoms with Crippen molar-refractivity contribution < 1.29 is 19.4 Å². The number of amides is 1. The summed E-state index contributed by atoms with van der Waals surface area (Å²) in [5, 5.41) is 12.2. The lowest BCUT2D eigenvalue weighted by Gasteiger charge is -2.28. The number of rotatable bonds is 6. The molecule has 2 N–H and O–H groups in total. The van der Waals surface area contributed by atoms with Gasteiger partial charge in [0.05, 0.1) is 11.8 Å². The van der Waals surface area contributed by atoms with Gasteiger partial charge in [-0.05, 0) is 31.2 Å². The summed E-state index contributed by atoms with van der Waals surface area (Å²) < 4.78 is 5.27. The van der Waals surface area contributed by atoms with Crippen LogP contribution in [0.1, 0.15) is 31.2 Å². The molecule has 0 spiro atoms. The molecule has 5 nitrogen and oxygen atoms in total. The molecule has 5 heteroatoms. The van der Waals surface area contributed by atoms with Gasteiger partial charge in [0.15, 0.2) is 0 Å². The average Bonchev–Trinajstić information content (AvgIpc) is 2.55. The van der Waals surface area contributed by atoms with Crippen molar-refractivity contribution in [1.29, 1.82) is 0 Å². The molecule has 1 aromatic rings. The highest BCUT2D eigenvalue weighted by Crippen LogP contribution is 2.24. The van der Waals surface area contributed by atoms with Crippen LogP contribution < -0.4 is 5.32 Å². The minimum absolute atomic E-state index is 0.0681. The Labute approximate surface area is 130 Å². The second-order valence-corrected chi connectivity index (χ2v) is 5.77. The summed E-state index contributed by atoms with van der Waals surface area (Å²) in [6.07, 6.45) is 1.47. The predicted octanol–water partition coefficient (Wildman–Crippen LogP) is 2.03. The third kappa shape index (κ3) is 4.31. The van der Waals surface area contributed by atoms with Crippen molar-refractivity contribution in [2.75, 3.05) is 19.8 Å². The van der Waals surface area contributed by atoms with E-state index in [0.29, 0.717) is 13.2 Å². The Bertz CT molecular complexity index is 497. The van der Waals surface area contributed by atoms with Gasteiger partial charge in [0, 0.05) is 19.8 Å². The number of carbonyl (C=O) groups excluding carboxylic acids is 1. The molecule has 0 bridgehead atoms. The van der Waals surface area contributed by atoms with Crippen LogP contribution in [0, 0.1) is 11.8 Å². The maximum Gasteiger partial charge on any atom is 0.308 e. The number of hydrogen-bond acceptors (Lipinski definition) is 3. The number of hydrogen-bond donors (Lipinski definition) is 2. The molecule has 1 unspecified atom stereocenters. The lowest BCUT2D eigenvalue weighted by molar-refractivity contribution is -0.145. The van der Waals surface area contributed by atoms with Crippen molar-refractivity contribution in [3.05, 3.63) is 35.9 Å². The molecule has 0 radical (unpaired) electrons. The molecule has 1 amide bonds. The lowest BCUT2D eigenvalue weighted by atomic mass is 9.86. The Morgan fingerprint density at radius 2 is 1.91 bits per heavy atom. The molecule has 0 saturated carbocycles. The molecule has 1 aliphatic heterocycles. The van der Waals surface area contributed by atoms with E-state index in [-0.39, 0.29) is 24.3 Å². The van der Waals surface area contributed by atoms with E-state index in [4.69, 9.17) is 4.74 Å². The first kappa shape index (κ1) is 16.5. The first-order valence-electron chi connectivity index (χ1n) is 7.72. The number of aliphatic carboxylic acids is 1. The van der Waals surface area contributed by atoms with Crippen LogP contribution in [0.25, 0.3) is 0 Å². The van der Waals surface area contributed by atoms with Gasteiger partial charge in [-0.15, -0.1) is 0 Å². The summed E-state index contributed by atoms with van der Waals surface area (Å²) >= 11 is 0. The monoisotopic (exact) mass is 305 g/mol. The fourth-order valence-corrected chi connectivity index (χ4v) is 2.83. The number of carboxylic acids is 1. The second kappa shape index (κ2) is 7.94. The van der Waals surface area contributed by atoms with Crippen molar-refractivity contribution >= 4 is 11.9 Å². The fraction of sp³-hybridized carbons (Fsp3) is 0.529. The molecule has 1 fully saturated rings. The number of nitrogens with one attached hydrogen (secondary N) is 1. The third-order valence-corrected chi connectivity index (χ3v) is 4.34. The highest BCUT2D eigenvalue weighted by atomic mass is 16.5. The summed E-state index contributed by atoms with van der Waals surface area (Å²) in [6, 6.07) is 9.48. The number of ether oxygens (including phenoxy) is 1. The molecule has 1 aliphatic rings. The van der Waals surface area contributed by atoms with Gasteiger partial charge in [-0.3, -0.25) is 9.59 Å². The first-order valence-corrected chi connectivity index (χ1v) is 7.72. The predicted molar refractivity (Wildman–Crippen MR) is 82.5 cm³/mol. The molecule has 1 heterocycles. The van der Waals surface area contributed by atoms with Crippen LogP contribution >= 0.6 is 0 Å². The first-order chi connectivity index (χ1) is 10.6. The largest absolute Gasteiger partial charge is 0.481 e. The normalized spacial score (nSPS) is 18.4. The summed E-state index contributed by atoms with van der Waals surface area (Å²) in [6.45, 7) is 3.20. The topological polar surface area (TPSA) is 75.6 Å². The number of carbonyl (C=O) groups is 2. The molecule has 1 saturated heterocycles. The Kier molecular flexibility index (Phi) is 5.95. The molecular formula is C17H23NO4. The van der Waals surface area contributed by atoms with Crippen LogP contribution in [0.3, 0.4) is 0 Å². The zero-order valence-electron chi connectivity index (χ0n) is 12.8. The summed E-state index contributed by atoms with van der Waals surface area (Å²) in [5.41, 5.74) is 0.929. The number of benzene rings is 1. The van der Waals surface area contributed by atoms with E-state index in [9.17, 15) is 14.7 Å². The Morgan fingerprint density at radius 3 is 2.50 bits per heavy atom. The molecule has 1 aromatic carbocycles. The Morgan fingerprint density at radius 1 is 1.27 bits per heavy atom. The summed E-state index contributed by atoms with van der Waals surface area (Å²) in [4.78, 5) is 23.7. The van der Waals surface area contributed by atoms with E-state index in [1.807, 2.05) is 37.3 Å². The van der Waals surface area contributed by atoms with E-state index in [1.54, 1.807) is 0 Å². The van der Waals surface area contributed by atoms with Crippen LogP contribution in [0.4, 0.5) is 0 Å². The van der Waals surface area contributed by atoms with Crippen LogP contribution in [-0.2, 0) is 14.3 Å². The average molecular weight is 305 g/mol. The summed E-state index contributed by atoms with van der Waals surface area (Å²) in [5.74, 6) is -1.75. The smallest absolute Gasteiger partial charge is 0.308 e. The van der Waals surface area contributed by atoms with Crippen LogP contribution in [0.15, 0.2) is 30.3 Å². The van der Waals surface area contributed by atoms with Crippen molar-refractivity contribution in [3.8, 4) is 0 Å². The zero-order valence-corrected chi connectivity index (χ0v) is 12.8. The maximum absolute atomic E-state index is 12.2. The molecule has 120 valence electrons. The zero-order chi connectivity index (χ0) is 15.9. The van der Waals surface area contributed by atoms with Crippen molar-refractivity contribution in [2.24, 2.45) is 11.8 Å². The minimum Gasteiger partial charge on any atom is -0.481 e. The van der Waals surface area contributed by atoms with Crippen molar-refractivity contribution in [1.82, 2.24) is 5.32 Å². The molecule has 0 aromatic heterocycles. The van der Waals surface area contributed by atoms with Crippen LogP contribution in [0.2, 0.25) is 0 Å². The number of carboxylic acid groups (broad SMARTS) is 1. The quantitative estimate of drug-likeness (QED) is 0.843. The van der Waals surface area contributed by atoms with Gasteiger partial charge in [0.1, 0.15) is 0 Å². The Balaban J connectivity index is 1.91. The highest BCUT2D eigenvalue weighted by Gasteiger charge is 2.30. The molecule has 2 rings (SSSR count). The molecule has 22 heavy (non-hydrogen) atoms. The van der Waals surface area contributed by atoms with Crippen molar-refractivity contribution in [3.63, 3.8) is 0 Å². The van der Waals surface area contributed by atoms with E-state index in [0.717, 1.165) is 18.4 Å². The lowest BCUT2D eigenvalue weighted by Crippen LogP contribution is -2.40. The summed E-state index contributed by atoms with van der Waals surface area (Å²) in [7, 11) is 0. The van der Waals surface area contributed by atoms with Crippen LogP contribution in [0.5, 0.6) is 0 Å². The molecule has 2 atom stereocenters. The van der Waals surface area contributed by atoms with Gasteiger partial charge in [-0.1, -0.05) is 30.3 Å². The van der Waals surface area contributed by atoms with E-state index >= 15 is 0 Å². The molecule has 0 aliphatic carbocycles. The van der Waals surface area contributed by atoms with Crippen LogP contribution in [-0.4, -0.2) is 36.7 Å². The van der Waals surface area contributed by atoms with E-state index < -0.39 is 11.9 Å². The fourth-order valence-electron chi connectivity index (χ4n) is 2.83. The van der Waals surface area contributed by atoms with Gasteiger partial charge < -0.3 is 15.2 Å². The highest BCUT2D eigenvalue weighted by molar-refractivity contribution is 5.83. The van der Waals surface area contributed by atoms with Gasteiger partial charge in [-0.25, -0.2) is 0 Å². The van der Waals surface area contributed by atoms with Crippen molar-refractivity contribution in [2.45, 2.75) is 25.7 Å². The Hall–Kier alpha value is -1.88. The third-order valence-electron chi connectivity index (χ3n) is 4.34. The molecular weight excluding hydrogens is 282 g/mol. The SMILES string of the molecule is C[C@@H](C(=O)NCC(C(=O)O)C1CCOCC1)c1ccccc1.